The number of Topliss-reactive ketones (excluding diaryl/α,β-unsaturated/α-hetero) is 1. The Morgan fingerprint density at radius 2 is 1.60 bits per heavy atom. The van der Waals surface area contributed by atoms with Crippen LogP contribution in [0.15, 0.2) is 54.2 Å². The van der Waals surface area contributed by atoms with Crippen LogP contribution in [0.5, 0.6) is 23.0 Å². The fourth-order valence-electron chi connectivity index (χ4n) is 5.04. The predicted octanol–water partition coefficient (Wildman–Crippen LogP) is 5.17. The Morgan fingerprint density at radius 3 is 2.12 bits per heavy atom. The average molecular weight is 547 g/mol. The summed E-state index contributed by atoms with van der Waals surface area (Å²) in [5, 5.41) is 11.8. The molecule has 40 heavy (non-hydrogen) atoms. The Balaban J connectivity index is 2.00. The number of amides is 1. The van der Waals surface area contributed by atoms with Gasteiger partial charge in [-0.25, -0.2) is 0 Å². The maximum absolute atomic E-state index is 13.6. The van der Waals surface area contributed by atoms with Crippen LogP contribution in [-0.4, -0.2) is 55.1 Å². The van der Waals surface area contributed by atoms with Gasteiger partial charge in [-0.1, -0.05) is 19.9 Å². The lowest BCUT2D eigenvalue weighted by atomic mass is 9.90. The van der Waals surface area contributed by atoms with Crippen LogP contribution in [0, 0.1) is 6.92 Å². The zero-order valence-electron chi connectivity index (χ0n) is 23.8. The maximum Gasteiger partial charge on any atom is 0.296 e. The van der Waals surface area contributed by atoms with Crippen molar-refractivity contribution >= 4 is 17.4 Å². The molecule has 1 aromatic heterocycles. The van der Waals surface area contributed by atoms with Gasteiger partial charge >= 0.3 is 0 Å². The number of carbonyl (C=O) groups is 2. The van der Waals surface area contributed by atoms with Crippen LogP contribution in [0.1, 0.15) is 53.8 Å². The molecular weight excluding hydrogens is 512 g/mol. The third-order valence-corrected chi connectivity index (χ3v) is 7.06. The van der Waals surface area contributed by atoms with Crippen molar-refractivity contribution in [1.29, 1.82) is 0 Å². The molecule has 1 unspecified atom stereocenters. The van der Waals surface area contributed by atoms with Crippen molar-refractivity contribution in [1.82, 2.24) is 9.88 Å². The summed E-state index contributed by atoms with van der Waals surface area (Å²) in [5.41, 5.74) is 3.04. The predicted molar refractivity (Wildman–Crippen MR) is 150 cm³/mol. The van der Waals surface area contributed by atoms with Gasteiger partial charge < -0.3 is 29.0 Å². The van der Waals surface area contributed by atoms with Crippen molar-refractivity contribution in [2.75, 3.05) is 28.4 Å². The molecule has 210 valence electrons. The molecule has 0 saturated carbocycles. The van der Waals surface area contributed by atoms with E-state index in [2.05, 4.69) is 4.98 Å². The molecule has 3 aromatic rings. The van der Waals surface area contributed by atoms with E-state index in [0.29, 0.717) is 45.4 Å². The lowest BCUT2D eigenvalue weighted by molar-refractivity contribution is -0.140. The second kappa shape index (κ2) is 11.7. The molecule has 0 bridgehead atoms. The van der Waals surface area contributed by atoms with Crippen LogP contribution < -0.4 is 18.9 Å². The molecule has 1 atom stereocenters. The van der Waals surface area contributed by atoms with Gasteiger partial charge in [-0.15, -0.1) is 0 Å². The number of methoxy groups -OCH3 is 4. The van der Waals surface area contributed by atoms with E-state index in [1.54, 1.807) is 37.6 Å². The number of carbonyl (C=O) groups excluding carboxylic acids is 2. The highest BCUT2D eigenvalue weighted by atomic mass is 16.5. The van der Waals surface area contributed by atoms with Gasteiger partial charge in [0.15, 0.2) is 11.5 Å². The van der Waals surface area contributed by atoms with E-state index in [1.807, 2.05) is 39.0 Å². The topological polar surface area (TPSA) is 107 Å². The number of aliphatic hydroxyl groups excluding tert-OH is 1. The third kappa shape index (κ3) is 5.06. The first-order valence-electron chi connectivity index (χ1n) is 12.8. The van der Waals surface area contributed by atoms with Crippen LogP contribution in [0.4, 0.5) is 0 Å². The van der Waals surface area contributed by atoms with Crippen molar-refractivity contribution in [2.24, 2.45) is 0 Å². The average Bonchev–Trinajstić information content (AvgIpc) is 3.20. The van der Waals surface area contributed by atoms with Crippen molar-refractivity contribution in [3.8, 4) is 23.0 Å². The molecule has 1 N–H and O–H groups in total. The van der Waals surface area contributed by atoms with Gasteiger partial charge in [0.1, 0.15) is 11.5 Å². The molecule has 2 aromatic carbocycles. The summed E-state index contributed by atoms with van der Waals surface area (Å²) in [6, 6.07) is 11.4. The van der Waals surface area contributed by atoms with Crippen LogP contribution in [0.25, 0.3) is 5.76 Å². The number of ether oxygens (including phenoxy) is 4. The minimum Gasteiger partial charge on any atom is -0.507 e. The lowest BCUT2D eigenvalue weighted by Crippen LogP contribution is -2.29. The highest BCUT2D eigenvalue weighted by Crippen LogP contribution is 2.46. The molecule has 9 nitrogen and oxygen atoms in total. The molecule has 1 amide bonds. The number of aromatic nitrogens is 1. The Labute approximate surface area is 234 Å². The summed E-state index contributed by atoms with van der Waals surface area (Å²) in [4.78, 5) is 32.9. The van der Waals surface area contributed by atoms with E-state index in [0.717, 1.165) is 5.56 Å². The molecular formula is C31H34N2O7. The van der Waals surface area contributed by atoms with Crippen molar-refractivity contribution in [2.45, 2.75) is 39.3 Å². The Hall–Kier alpha value is -4.53. The number of nitrogens with zero attached hydrogens (tertiary/aromatic N) is 2. The van der Waals surface area contributed by atoms with E-state index in [9.17, 15) is 14.7 Å². The van der Waals surface area contributed by atoms with Gasteiger partial charge in [-0.3, -0.25) is 14.6 Å². The number of likely N-dealkylation sites (tertiary alicyclic amines) is 1. The van der Waals surface area contributed by atoms with Crippen LogP contribution in [-0.2, 0) is 16.1 Å². The van der Waals surface area contributed by atoms with Crippen LogP contribution in [0.2, 0.25) is 0 Å². The number of pyridine rings is 1. The Morgan fingerprint density at radius 1 is 0.950 bits per heavy atom. The number of aliphatic hydroxyl groups is 1. The number of aryl methyl sites for hydroxylation is 1. The first-order chi connectivity index (χ1) is 19.2. The van der Waals surface area contributed by atoms with Crippen molar-refractivity contribution < 1.29 is 33.6 Å². The van der Waals surface area contributed by atoms with Gasteiger partial charge in [0.05, 0.1) is 52.3 Å². The molecule has 4 rings (SSSR count). The summed E-state index contributed by atoms with van der Waals surface area (Å²) in [6.07, 6.45) is 1.62. The molecule has 1 fully saturated rings. The molecule has 1 saturated heterocycles. The molecule has 0 spiro atoms. The SMILES string of the molecule is COc1cc(C)c(/C(O)=C2\C(=O)C(=O)N(Cc3ccccn3)C2c2cc(OC)c(OC)c(OC)c2)cc1C(C)C. The number of ketones is 1. The monoisotopic (exact) mass is 546 g/mol. The molecule has 0 radical (unpaired) electrons. The third-order valence-electron chi connectivity index (χ3n) is 7.06. The molecule has 1 aliphatic heterocycles. The lowest BCUT2D eigenvalue weighted by Gasteiger charge is -2.26. The molecule has 0 aliphatic carbocycles. The Kier molecular flexibility index (Phi) is 8.32. The fraction of sp³-hybridized carbons (Fsp3) is 0.323. The minimum atomic E-state index is -0.959. The summed E-state index contributed by atoms with van der Waals surface area (Å²) >= 11 is 0. The van der Waals surface area contributed by atoms with Crippen LogP contribution >= 0.6 is 0 Å². The highest BCUT2D eigenvalue weighted by molar-refractivity contribution is 6.46. The summed E-state index contributed by atoms with van der Waals surface area (Å²) in [6.45, 7) is 5.89. The standard InChI is InChI=1S/C31H34N2O7/c1-17(2)21-15-22(18(3)12-23(21)37-4)28(34)26-27(19-13-24(38-5)30(40-7)25(14-19)39-6)33(31(36)29(26)35)16-20-10-8-9-11-32-20/h8-15,17,27,34H,16H2,1-7H3/b28-26+. The number of benzene rings is 2. The zero-order chi connectivity index (χ0) is 29.1. The van der Waals surface area contributed by atoms with Gasteiger partial charge in [0.2, 0.25) is 5.75 Å². The Bertz CT molecular complexity index is 1440. The normalized spacial score (nSPS) is 16.4. The smallest absolute Gasteiger partial charge is 0.296 e. The van der Waals surface area contributed by atoms with Gasteiger partial charge in [0.25, 0.3) is 11.7 Å². The molecule has 2 heterocycles. The van der Waals surface area contributed by atoms with Crippen molar-refractivity contribution in [3.05, 3.63) is 82.2 Å². The summed E-state index contributed by atoms with van der Waals surface area (Å²) < 4.78 is 22.1. The minimum absolute atomic E-state index is 0.0434. The first kappa shape index (κ1) is 28.5. The summed E-state index contributed by atoms with van der Waals surface area (Å²) in [7, 11) is 6.06. The number of rotatable bonds is 9. The highest BCUT2D eigenvalue weighted by Gasteiger charge is 2.47. The fourth-order valence-corrected chi connectivity index (χ4v) is 5.04. The largest absolute Gasteiger partial charge is 0.507 e. The molecule has 1 aliphatic rings. The van der Waals surface area contributed by atoms with E-state index < -0.39 is 17.7 Å². The zero-order valence-corrected chi connectivity index (χ0v) is 23.8. The van der Waals surface area contributed by atoms with Gasteiger partial charge in [-0.2, -0.15) is 0 Å². The van der Waals surface area contributed by atoms with E-state index in [4.69, 9.17) is 18.9 Å². The summed E-state index contributed by atoms with van der Waals surface area (Å²) in [5.74, 6) is 0.00627. The van der Waals surface area contributed by atoms with E-state index >= 15 is 0 Å². The second-order valence-corrected chi connectivity index (χ2v) is 9.77. The quantitative estimate of drug-likeness (QED) is 0.223. The second-order valence-electron chi connectivity index (χ2n) is 9.77. The van der Waals surface area contributed by atoms with Crippen LogP contribution in [0.3, 0.4) is 0 Å². The van der Waals surface area contributed by atoms with E-state index in [-0.39, 0.29) is 23.8 Å². The molecule has 9 heteroatoms. The van der Waals surface area contributed by atoms with Gasteiger partial charge in [-0.05, 0) is 65.9 Å². The van der Waals surface area contributed by atoms with Gasteiger partial charge in [0, 0.05) is 11.8 Å². The van der Waals surface area contributed by atoms with E-state index in [1.165, 1.54) is 26.2 Å². The number of hydrogen-bond donors (Lipinski definition) is 1. The maximum atomic E-state index is 13.6. The number of hydrogen-bond acceptors (Lipinski definition) is 8. The first-order valence-corrected chi connectivity index (χ1v) is 12.8. The van der Waals surface area contributed by atoms with Crippen molar-refractivity contribution in [3.63, 3.8) is 0 Å².